The highest BCUT2D eigenvalue weighted by atomic mass is 79.9. The first-order valence-electron chi connectivity index (χ1n) is 11.3. The molecule has 9 heteroatoms. The van der Waals surface area contributed by atoms with Crippen LogP contribution in [0.2, 0.25) is 10.0 Å². The fourth-order valence-electron chi connectivity index (χ4n) is 4.75. The van der Waals surface area contributed by atoms with E-state index >= 15 is 0 Å². The maximum absolute atomic E-state index is 13.4. The number of benzene rings is 3. The monoisotopic (exact) mass is 587 g/mol. The normalized spacial score (nSPS) is 17.7. The second kappa shape index (κ2) is 9.39. The number of carbonyl (C=O) groups excluding carboxylic acids is 1. The molecule has 0 aliphatic carbocycles. The molecule has 6 rings (SSSR count). The van der Waals surface area contributed by atoms with Crippen LogP contribution in [0.25, 0.3) is 6.08 Å². The Hall–Kier alpha value is -2.55. The number of nitrogens with zero attached hydrogens (tertiary/aromatic N) is 1. The Balaban J connectivity index is 1.30. The Bertz CT molecular complexity index is 1450. The molecule has 0 saturated heterocycles. The summed E-state index contributed by atoms with van der Waals surface area (Å²) in [7, 11) is 0. The summed E-state index contributed by atoms with van der Waals surface area (Å²) in [6.45, 7) is 4.13. The van der Waals surface area contributed by atoms with Crippen LogP contribution in [0.5, 0.6) is 17.2 Å². The molecule has 0 amide bonds. The topological polar surface area (TPSA) is 57.2 Å². The molecule has 36 heavy (non-hydrogen) atoms. The van der Waals surface area contributed by atoms with Gasteiger partial charge in [-0.3, -0.25) is 9.69 Å². The molecule has 0 aromatic heterocycles. The van der Waals surface area contributed by atoms with Gasteiger partial charge in [0.15, 0.2) is 12.6 Å². The van der Waals surface area contributed by atoms with Crippen molar-refractivity contribution in [2.24, 2.45) is 0 Å². The van der Waals surface area contributed by atoms with Crippen LogP contribution in [0, 0.1) is 6.92 Å². The predicted molar refractivity (Wildman–Crippen MR) is 140 cm³/mol. The van der Waals surface area contributed by atoms with Crippen molar-refractivity contribution in [1.29, 1.82) is 0 Å². The third-order valence-corrected chi connectivity index (χ3v) is 7.45. The molecule has 0 unspecified atom stereocenters. The Kier molecular flexibility index (Phi) is 6.22. The molecule has 0 saturated carbocycles. The minimum Gasteiger partial charge on any atom is -0.477 e. The number of hydrogen-bond acceptors (Lipinski definition) is 6. The van der Waals surface area contributed by atoms with Gasteiger partial charge in [0, 0.05) is 49.9 Å². The van der Waals surface area contributed by atoms with Gasteiger partial charge in [0.05, 0.1) is 12.2 Å². The molecule has 0 fully saturated rings. The Morgan fingerprint density at radius 2 is 1.92 bits per heavy atom. The van der Waals surface area contributed by atoms with Crippen LogP contribution in [0.1, 0.15) is 38.2 Å². The lowest BCUT2D eigenvalue weighted by Crippen LogP contribution is -2.32. The van der Waals surface area contributed by atoms with E-state index in [1.54, 1.807) is 12.1 Å². The quantitative estimate of drug-likeness (QED) is 0.310. The van der Waals surface area contributed by atoms with Crippen LogP contribution in [-0.2, 0) is 24.4 Å². The Labute approximate surface area is 226 Å². The molecule has 0 radical (unpaired) electrons. The lowest BCUT2D eigenvalue weighted by molar-refractivity contribution is -0.0165. The van der Waals surface area contributed by atoms with Crippen molar-refractivity contribution in [3.8, 4) is 17.2 Å². The zero-order chi connectivity index (χ0) is 25.0. The first kappa shape index (κ1) is 23.8. The number of fused-ring (bicyclic) bond motifs is 3. The van der Waals surface area contributed by atoms with Gasteiger partial charge in [-0.05, 0) is 48.9 Å². The Morgan fingerprint density at radius 3 is 2.75 bits per heavy atom. The average Bonchev–Trinajstić information content (AvgIpc) is 3.16. The van der Waals surface area contributed by atoms with Crippen LogP contribution in [-0.4, -0.2) is 24.2 Å². The van der Waals surface area contributed by atoms with Gasteiger partial charge in [-0.2, -0.15) is 0 Å². The summed E-state index contributed by atoms with van der Waals surface area (Å²) in [5, 5.41) is 1.21. The third kappa shape index (κ3) is 4.29. The molecular weight excluding hydrogens is 569 g/mol. The van der Waals surface area contributed by atoms with Gasteiger partial charge in [-0.15, -0.1) is 0 Å². The standard InChI is InChI=1S/C27H20BrCl2NO5/c1-14-25-17(10-31(12-34-25)9-15-2-3-20(29)8-22(15)30)6-21-24(32)23(36-26(14)21)7-16-4-19(28)5-18-11-33-13-35-27(16)18/h2-8H,9-13H2,1H3/b23-7-. The highest BCUT2D eigenvalue weighted by molar-refractivity contribution is 9.10. The van der Waals surface area contributed by atoms with Crippen LogP contribution < -0.4 is 14.2 Å². The first-order valence-corrected chi connectivity index (χ1v) is 12.8. The number of hydrogen-bond donors (Lipinski definition) is 0. The van der Waals surface area contributed by atoms with Gasteiger partial charge in [0.1, 0.15) is 24.0 Å². The van der Waals surface area contributed by atoms with Crippen molar-refractivity contribution < 1.29 is 23.7 Å². The van der Waals surface area contributed by atoms with Crippen molar-refractivity contribution in [3.63, 3.8) is 0 Å². The number of rotatable bonds is 3. The number of allylic oxidation sites excluding steroid dienone is 1. The number of carbonyl (C=O) groups is 1. The maximum Gasteiger partial charge on any atom is 0.231 e. The molecule has 3 aromatic rings. The third-order valence-electron chi connectivity index (χ3n) is 6.40. The van der Waals surface area contributed by atoms with Crippen molar-refractivity contribution in [3.05, 3.63) is 90.1 Å². The van der Waals surface area contributed by atoms with Crippen LogP contribution >= 0.6 is 39.1 Å². The highest BCUT2D eigenvalue weighted by Gasteiger charge is 2.34. The average molecular weight is 589 g/mol. The van der Waals surface area contributed by atoms with Gasteiger partial charge < -0.3 is 18.9 Å². The van der Waals surface area contributed by atoms with E-state index in [9.17, 15) is 4.79 Å². The summed E-state index contributed by atoms with van der Waals surface area (Å²) < 4.78 is 24.2. The number of ketones is 1. The molecule has 3 aromatic carbocycles. The molecule has 3 heterocycles. The summed E-state index contributed by atoms with van der Waals surface area (Å²) in [4.78, 5) is 15.5. The minimum atomic E-state index is -0.172. The number of Topliss-reactive ketones (excluding diaryl/α,β-unsaturated/α-hetero) is 1. The van der Waals surface area contributed by atoms with Crippen molar-refractivity contribution >= 4 is 51.0 Å². The second-order valence-electron chi connectivity index (χ2n) is 8.90. The summed E-state index contributed by atoms with van der Waals surface area (Å²) in [5.41, 5.74) is 4.89. The highest BCUT2D eigenvalue weighted by Crippen LogP contribution is 2.44. The zero-order valence-corrected chi connectivity index (χ0v) is 22.3. The smallest absolute Gasteiger partial charge is 0.231 e. The SMILES string of the molecule is Cc1c2c(cc3c1O/C(=C\c1cc(Br)cc4c1OCOC4)C3=O)CN(Cc1ccc(Cl)cc1Cl)CO2. The lowest BCUT2D eigenvalue weighted by atomic mass is 9.99. The van der Waals surface area contributed by atoms with E-state index < -0.39 is 0 Å². The summed E-state index contributed by atoms with van der Waals surface area (Å²) in [6.07, 6.45) is 1.73. The summed E-state index contributed by atoms with van der Waals surface area (Å²) >= 11 is 15.9. The van der Waals surface area contributed by atoms with Gasteiger partial charge in [-0.1, -0.05) is 45.2 Å². The maximum atomic E-state index is 13.4. The van der Waals surface area contributed by atoms with E-state index in [1.165, 1.54) is 0 Å². The zero-order valence-electron chi connectivity index (χ0n) is 19.2. The van der Waals surface area contributed by atoms with Gasteiger partial charge in [-0.25, -0.2) is 0 Å². The van der Waals surface area contributed by atoms with E-state index in [0.717, 1.165) is 38.0 Å². The summed E-state index contributed by atoms with van der Waals surface area (Å²) in [5.74, 6) is 2.05. The first-order chi connectivity index (χ1) is 17.4. The molecule has 0 bridgehead atoms. The fourth-order valence-corrected chi connectivity index (χ4v) is 5.74. The molecule has 6 nitrogen and oxygen atoms in total. The van der Waals surface area contributed by atoms with Crippen LogP contribution in [0.15, 0.2) is 46.6 Å². The van der Waals surface area contributed by atoms with Gasteiger partial charge in [0.2, 0.25) is 5.78 Å². The van der Waals surface area contributed by atoms with E-state index in [4.69, 9.17) is 42.1 Å². The fraction of sp³-hybridized carbons (Fsp3) is 0.222. The van der Waals surface area contributed by atoms with E-state index in [2.05, 4.69) is 20.8 Å². The lowest BCUT2D eigenvalue weighted by Gasteiger charge is -2.30. The van der Waals surface area contributed by atoms with E-state index in [-0.39, 0.29) is 18.3 Å². The molecule has 0 atom stereocenters. The number of ether oxygens (including phenoxy) is 4. The molecule has 0 N–H and O–H groups in total. The van der Waals surface area contributed by atoms with Gasteiger partial charge >= 0.3 is 0 Å². The van der Waals surface area contributed by atoms with Crippen molar-refractivity contribution in [2.75, 3.05) is 13.5 Å². The largest absolute Gasteiger partial charge is 0.477 e. The Morgan fingerprint density at radius 1 is 1.06 bits per heavy atom. The number of halogens is 3. The molecule has 3 aliphatic heterocycles. The van der Waals surface area contributed by atoms with E-state index in [1.807, 2.05) is 37.3 Å². The minimum absolute atomic E-state index is 0.167. The van der Waals surface area contributed by atoms with Crippen LogP contribution in [0.4, 0.5) is 0 Å². The molecule has 184 valence electrons. The predicted octanol–water partition coefficient (Wildman–Crippen LogP) is 6.90. The van der Waals surface area contributed by atoms with Crippen molar-refractivity contribution in [1.82, 2.24) is 4.90 Å². The van der Waals surface area contributed by atoms with E-state index in [0.29, 0.717) is 53.5 Å². The molecular formula is C27H20BrCl2NO5. The van der Waals surface area contributed by atoms with Gasteiger partial charge in [0.25, 0.3) is 0 Å². The van der Waals surface area contributed by atoms with Crippen molar-refractivity contribution in [2.45, 2.75) is 26.6 Å². The molecule has 0 spiro atoms. The summed E-state index contributed by atoms with van der Waals surface area (Å²) in [6, 6.07) is 11.2. The second-order valence-corrected chi connectivity index (χ2v) is 10.7. The molecule has 3 aliphatic rings. The van der Waals surface area contributed by atoms with Crippen LogP contribution in [0.3, 0.4) is 0 Å².